The van der Waals surface area contributed by atoms with Crippen LogP contribution >= 0.6 is 0 Å². The first-order valence-corrected chi connectivity index (χ1v) is 4.18. The largest absolute Gasteiger partial charge is 0.478 e. The fraction of sp³-hybridized carbons (Fsp3) is 0.400. The number of Topliss-reactive ketones (excluding diaryl/α,β-unsaturated/α-hetero) is 1. The summed E-state index contributed by atoms with van der Waals surface area (Å²) in [5.41, 5.74) is 0. The van der Waals surface area contributed by atoms with Crippen LogP contribution in [0.5, 0.6) is 0 Å². The van der Waals surface area contributed by atoms with E-state index in [4.69, 9.17) is 5.11 Å². The Morgan fingerprint density at radius 1 is 1.31 bits per heavy atom. The first kappa shape index (κ1) is 11.6. The lowest BCUT2D eigenvalue weighted by Gasteiger charge is -1.89. The van der Waals surface area contributed by atoms with Crippen LogP contribution in [0.4, 0.5) is 0 Å². The molecule has 1 N–H and O–H groups in total. The maximum absolute atomic E-state index is 10.5. The fourth-order valence-corrected chi connectivity index (χ4v) is 0.782. The lowest BCUT2D eigenvalue weighted by molar-refractivity contribution is -0.131. The molecule has 0 unspecified atom stereocenters. The highest BCUT2D eigenvalue weighted by atomic mass is 16.4. The average molecular weight is 182 g/mol. The van der Waals surface area contributed by atoms with Gasteiger partial charge in [0.25, 0.3) is 0 Å². The number of carboxylic acids is 1. The Bertz CT molecular complexity index is 226. The summed E-state index contributed by atoms with van der Waals surface area (Å²) in [6, 6.07) is 0. The van der Waals surface area contributed by atoms with Gasteiger partial charge in [0.05, 0.1) is 0 Å². The van der Waals surface area contributed by atoms with Gasteiger partial charge in [-0.2, -0.15) is 0 Å². The Hall–Kier alpha value is -1.38. The van der Waals surface area contributed by atoms with Gasteiger partial charge in [-0.25, -0.2) is 4.79 Å². The van der Waals surface area contributed by atoms with Crippen molar-refractivity contribution in [3.63, 3.8) is 0 Å². The van der Waals surface area contributed by atoms with Crippen molar-refractivity contribution < 1.29 is 14.7 Å². The van der Waals surface area contributed by atoms with E-state index in [1.807, 2.05) is 6.08 Å². The van der Waals surface area contributed by atoms with Gasteiger partial charge in [0.1, 0.15) is 5.78 Å². The van der Waals surface area contributed by atoms with Gasteiger partial charge in [0.2, 0.25) is 0 Å². The van der Waals surface area contributed by atoms with Crippen LogP contribution in [0.2, 0.25) is 0 Å². The van der Waals surface area contributed by atoms with E-state index in [-0.39, 0.29) is 5.78 Å². The van der Waals surface area contributed by atoms with E-state index < -0.39 is 5.97 Å². The Morgan fingerprint density at radius 3 is 2.54 bits per heavy atom. The molecule has 0 radical (unpaired) electrons. The second kappa shape index (κ2) is 7.28. The van der Waals surface area contributed by atoms with Crippen molar-refractivity contribution in [2.75, 3.05) is 0 Å². The molecule has 0 spiro atoms. The normalized spacial score (nSPS) is 11.2. The summed E-state index contributed by atoms with van der Waals surface area (Å²) >= 11 is 0. The number of hydrogen-bond donors (Lipinski definition) is 1. The van der Waals surface area contributed by atoms with E-state index in [0.29, 0.717) is 6.42 Å². The smallest absolute Gasteiger partial charge is 0.328 e. The van der Waals surface area contributed by atoms with Crippen LogP contribution in [0.25, 0.3) is 0 Å². The topological polar surface area (TPSA) is 54.4 Å². The van der Waals surface area contributed by atoms with Crippen molar-refractivity contribution in [2.24, 2.45) is 0 Å². The number of carbonyl (C=O) groups excluding carboxylic acids is 1. The number of carboxylic acid groups (broad SMARTS) is 1. The molecule has 0 atom stereocenters. The molecule has 0 bridgehead atoms. The van der Waals surface area contributed by atoms with Crippen LogP contribution in [0, 0.1) is 0 Å². The van der Waals surface area contributed by atoms with Gasteiger partial charge in [0.15, 0.2) is 0 Å². The summed E-state index contributed by atoms with van der Waals surface area (Å²) in [6.07, 6.45) is 8.29. The van der Waals surface area contributed by atoms with Crippen LogP contribution in [0.15, 0.2) is 24.3 Å². The van der Waals surface area contributed by atoms with E-state index >= 15 is 0 Å². The molecule has 13 heavy (non-hydrogen) atoms. The molecular weight excluding hydrogens is 168 g/mol. The summed E-state index contributed by atoms with van der Waals surface area (Å²) in [6.45, 7) is 1.56. The van der Waals surface area contributed by atoms with Gasteiger partial charge in [-0.1, -0.05) is 18.2 Å². The SMILES string of the molecule is CC(=O)CCC/C=C/C=C/C(=O)O. The van der Waals surface area contributed by atoms with Crippen molar-refractivity contribution in [3.8, 4) is 0 Å². The molecule has 0 aromatic carbocycles. The Balaban J connectivity index is 3.42. The molecule has 0 aliphatic carbocycles. The number of allylic oxidation sites excluding steroid dienone is 3. The summed E-state index contributed by atoms with van der Waals surface area (Å²) < 4.78 is 0. The maximum Gasteiger partial charge on any atom is 0.328 e. The quantitative estimate of drug-likeness (QED) is 0.388. The Labute approximate surface area is 77.8 Å². The molecule has 0 saturated heterocycles. The number of unbranched alkanes of at least 4 members (excludes halogenated alkanes) is 1. The minimum Gasteiger partial charge on any atom is -0.478 e. The highest BCUT2D eigenvalue weighted by Gasteiger charge is 1.89. The first-order chi connectivity index (χ1) is 6.13. The third-order valence-corrected chi connectivity index (χ3v) is 1.39. The van der Waals surface area contributed by atoms with Gasteiger partial charge < -0.3 is 9.90 Å². The van der Waals surface area contributed by atoms with Gasteiger partial charge >= 0.3 is 5.97 Å². The minimum absolute atomic E-state index is 0.189. The summed E-state index contributed by atoms with van der Waals surface area (Å²) in [7, 11) is 0. The standard InChI is InChI=1S/C10H14O3/c1-9(11)7-5-3-2-4-6-8-10(12)13/h2,4,6,8H,3,5,7H2,1H3,(H,12,13)/b4-2+,8-6+. The van der Waals surface area contributed by atoms with Gasteiger partial charge in [-0.3, -0.25) is 0 Å². The van der Waals surface area contributed by atoms with E-state index in [1.54, 1.807) is 13.0 Å². The zero-order valence-corrected chi connectivity index (χ0v) is 7.69. The van der Waals surface area contributed by atoms with E-state index in [1.165, 1.54) is 6.08 Å². The van der Waals surface area contributed by atoms with E-state index in [2.05, 4.69) is 0 Å². The Kier molecular flexibility index (Phi) is 6.51. The number of aliphatic carboxylic acids is 1. The van der Waals surface area contributed by atoms with Crippen molar-refractivity contribution in [2.45, 2.75) is 26.2 Å². The number of carbonyl (C=O) groups is 2. The average Bonchev–Trinajstić information content (AvgIpc) is 2.01. The molecule has 3 heteroatoms. The zero-order chi connectivity index (χ0) is 10.1. The van der Waals surface area contributed by atoms with Crippen LogP contribution in [0.1, 0.15) is 26.2 Å². The molecule has 0 aromatic rings. The summed E-state index contributed by atoms with van der Waals surface area (Å²) in [5.74, 6) is -0.761. The molecule has 0 aliphatic rings. The maximum atomic E-state index is 10.5. The molecule has 3 nitrogen and oxygen atoms in total. The van der Waals surface area contributed by atoms with Crippen molar-refractivity contribution in [3.05, 3.63) is 24.3 Å². The molecule has 0 amide bonds. The predicted octanol–water partition coefficient (Wildman–Crippen LogP) is 1.94. The van der Waals surface area contributed by atoms with Crippen molar-refractivity contribution in [1.29, 1.82) is 0 Å². The Morgan fingerprint density at radius 2 is 2.00 bits per heavy atom. The van der Waals surface area contributed by atoms with Crippen LogP contribution in [-0.2, 0) is 9.59 Å². The monoisotopic (exact) mass is 182 g/mol. The molecule has 0 heterocycles. The molecule has 0 fully saturated rings. The first-order valence-electron chi connectivity index (χ1n) is 4.18. The number of rotatable bonds is 6. The molecular formula is C10H14O3. The molecule has 72 valence electrons. The highest BCUT2D eigenvalue weighted by molar-refractivity contribution is 5.80. The molecule has 0 aliphatic heterocycles. The summed E-state index contributed by atoms with van der Waals surface area (Å²) in [4.78, 5) is 20.5. The van der Waals surface area contributed by atoms with Gasteiger partial charge in [0, 0.05) is 12.5 Å². The molecule has 0 saturated carbocycles. The molecule has 0 aromatic heterocycles. The van der Waals surface area contributed by atoms with Gasteiger partial charge in [-0.15, -0.1) is 0 Å². The van der Waals surface area contributed by atoms with Crippen LogP contribution in [0.3, 0.4) is 0 Å². The van der Waals surface area contributed by atoms with Gasteiger partial charge in [-0.05, 0) is 19.8 Å². The van der Waals surface area contributed by atoms with Crippen molar-refractivity contribution >= 4 is 11.8 Å². The second-order valence-corrected chi connectivity index (χ2v) is 2.72. The lowest BCUT2D eigenvalue weighted by Crippen LogP contribution is -1.87. The van der Waals surface area contributed by atoms with Crippen LogP contribution < -0.4 is 0 Å². The number of hydrogen-bond acceptors (Lipinski definition) is 2. The third-order valence-electron chi connectivity index (χ3n) is 1.39. The fourth-order valence-electron chi connectivity index (χ4n) is 0.782. The third kappa shape index (κ3) is 10.6. The molecule has 0 rings (SSSR count). The van der Waals surface area contributed by atoms with E-state index in [0.717, 1.165) is 18.9 Å². The second-order valence-electron chi connectivity index (χ2n) is 2.72. The van der Waals surface area contributed by atoms with Crippen molar-refractivity contribution in [1.82, 2.24) is 0 Å². The highest BCUT2D eigenvalue weighted by Crippen LogP contribution is 1.97. The predicted molar refractivity (Wildman–Crippen MR) is 50.4 cm³/mol. The minimum atomic E-state index is -0.951. The van der Waals surface area contributed by atoms with E-state index in [9.17, 15) is 9.59 Å². The lowest BCUT2D eigenvalue weighted by atomic mass is 10.2. The zero-order valence-electron chi connectivity index (χ0n) is 7.69. The number of ketones is 1. The van der Waals surface area contributed by atoms with Crippen LogP contribution in [-0.4, -0.2) is 16.9 Å². The summed E-state index contributed by atoms with van der Waals surface area (Å²) in [5, 5.41) is 8.22.